The van der Waals surface area contributed by atoms with Crippen molar-refractivity contribution < 1.29 is 0 Å². The third kappa shape index (κ3) is 2.91. The average molecular weight is 326 g/mol. The summed E-state index contributed by atoms with van der Waals surface area (Å²) in [4.78, 5) is 16.6. The molecule has 1 aliphatic rings. The fourth-order valence-corrected chi connectivity index (χ4v) is 3.28. The van der Waals surface area contributed by atoms with Crippen molar-refractivity contribution in [1.29, 1.82) is 0 Å². The number of nitrogens with zero attached hydrogens (tertiary/aromatic N) is 5. The molecule has 126 valence electrons. The predicted molar refractivity (Wildman–Crippen MR) is 93.4 cm³/mol. The molecule has 0 amide bonds. The summed E-state index contributed by atoms with van der Waals surface area (Å²) in [6, 6.07) is 2.43. The van der Waals surface area contributed by atoms with Gasteiger partial charge in [-0.2, -0.15) is 15.1 Å². The van der Waals surface area contributed by atoms with Crippen molar-refractivity contribution in [2.24, 2.45) is 7.05 Å². The van der Waals surface area contributed by atoms with Crippen molar-refractivity contribution in [2.75, 3.05) is 10.6 Å². The molecule has 0 unspecified atom stereocenters. The Morgan fingerprint density at radius 3 is 2.79 bits per heavy atom. The molecule has 1 saturated carbocycles. The van der Waals surface area contributed by atoms with E-state index in [1.165, 1.54) is 32.1 Å². The van der Waals surface area contributed by atoms with Crippen molar-refractivity contribution in [3.63, 3.8) is 0 Å². The van der Waals surface area contributed by atoms with Crippen LogP contribution in [0.1, 0.15) is 37.8 Å². The van der Waals surface area contributed by atoms with E-state index < -0.39 is 0 Å². The van der Waals surface area contributed by atoms with E-state index in [9.17, 15) is 0 Å². The molecule has 8 heteroatoms. The first-order chi connectivity index (χ1) is 11.7. The molecular formula is C16H22N8. The van der Waals surface area contributed by atoms with Gasteiger partial charge >= 0.3 is 0 Å². The van der Waals surface area contributed by atoms with Crippen molar-refractivity contribution in [3.05, 3.63) is 18.1 Å². The van der Waals surface area contributed by atoms with Gasteiger partial charge in [0.1, 0.15) is 11.3 Å². The Morgan fingerprint density at radius 2 is 2.04 bits per heavy atom. The molecule has 0 radical (unpaired) electrons. The lowest BCUT2D eigenvalue weighted by molar-refractivity contribution is 0.462. The van der Waals surface area contributed by atoms with Gasteiger partial charge in [-0.05, 0) is 19.8 Å². The Balaban J connectivity index is 1.65. The maximum atomic E-state index is 4.67. The second-order valence-corrected chi connectivity index (χ2v) is 6.40. The first kappa shape index (κ1) is 14.9. The van der Waals surface area contributed by atoms with Gasteiger partial charge in [0.15, 0.2) is 11.5 Å². The third-order valence-corrected chi connectivity index (χ3v) is 4.47. The van der Waals surface area contributed by atoms with E-state index in [-0.39, 0.29) is 0 Å². The molecule has 3 aromatic heterocycles. The molecule has 0 atom stereocenters. The number of hydrogen-bond acceptors (Lipinski definition) is 6. The van der Waals surface area contributed by atoms with Crippen molar-refractivity contribution >= 4 is 28.7 Å². The van der Waals surface area contributed by atoms with Crippen LogP contribution >= 0.6 is 0 Å². The number of rotatable bonds is 4. The van der Waals surface area contributed by atoms with Crippen LogP contribution in [0.5, 0.6) is 0 Å². The van der Waals surface area contributed by atoms with E-state index in [4.69, 9.17) is 0 Å². The minimum Gasteiger partial charge on any atom is -0.365 e. The molecule has 0 bridgehead atoms. The van der Waals surface area contributed by atoms with Gasteiger partial charge in [0.25, 0.3) is 0 Å². The zero-order valence-corrected chi connectivity index (χ0v) is 14.0. The molecule has 0 saturated heterocycles. The number of imidazole rings is 1. The van der Waals surface area contributed by atoms with Gasteiger partial charge < -0.3 is 15.6 Å². The minimum atomic E-state index is 0.465. The predicted octanol–water partition coefficient (Wildman–Crippen LogP) is 2.88. The molecule has 1 fully saturated rings. The van der Waals surface area contributed by atoms with Crippen molar-refractivity contribution in [2.45, 2.75) is 45.1 Å². The zero-order valence-electron chi connectivity index (χ0n) is 14.0. The number of nitrogens with one attached hydrogen (secondary N) is 3. The lowest BCUT2D eigenvalue weighted by atomic mass is 9.95. The molecule has 1 aliphatic carbocycles. The quantitative estimate of drug-likeness (QED) is 0.682. The van der Waals surface area contributed by atoms with Crippen LogP contribution < -0.4 is 10.6 Å². The van der Waals surface area contributed by atoms with Crippen LogP contribution in [-0.2, 0) is 7.05 Å². The highest BCUT2D eigenvalue weighted by atomic mass is 15.3. The summed E-state index contributed by atoms with van der Waals surface area (Å²) in [5.74, 6) is 2.19. The van der Waals surface area contributed by atoms with Crippen LogP contribution in [0.4, 0.5) is 17.6 Å². The van der Waals surface area contributed by atoms with Crippen LogP contribution in [0.3, 0.4) is 0 Å². The largest absolute Gasteiger partial charge is 0.365 e. The Morgan fingerprint density at radius 1 is 1.21 bits per heavy atom. The van der Waals surface area contributed by atoms with Crippen LogP contribution in [0.25, 0.3) is 11.2 Å². The highest BCUT2D eigenvalue weighted by molar-refractivity contribution is 5.84. The number of fused-ring (bicyclic) bond motifs is 1. The summed E-state index contributed by atoms with van der Waals surface area (Å²) in [7, 11) is 1.89. The first-order valence-electron chi connectivity index (χ1n) is 8.44. The molecule has 0 spiro atoms. The fraction of sp³-hybridized carbons (Fsp3) is 0.500. The number of anilines is 3. The summed E-state index contributed by atoms with van der Waals surface area (Å²) >= 11 is 0. The van der Waals surface area contributed by atoms with Crippen molar-refractivity contribution in [1.82, 2.24) is 29.7 Å². The van der Waals surface area contributed by atoms with E-state index >= 15 is 0 Å². The van der Waals surface area contributed by atoms with E-state index in [0.717, 1.165) is 22.8 Å². The molecule has 8 nitrogen and oxygen atoms in total. The van der Waals surface area contributed by atoms with Crippen LogP contribution in [-0.4, -0.2) is 35.8 Å². The summed E-state index contributed by atoms with van der Waals surface area (Å²) in [5, 5.41) is 11.1. The maximum Gasteiger partial charge on any atom is 0.232 e. The van der Waals surface area contributed by atoms with Gasteiger partial charge in [0.2, 0.25) is 5.95 Å². The highest BCUT2D eigenvalue weighted by Crippen LogP contribution is 2.25. The normalized spacial score (nSPS) is 15.8. The molecule has 3 aromatic rings. The van der Waals surface area contributed by atoms with Gasteiger partial charge in [0, 0.05) is 19.2 Å². The molecule has 3 heterocycles. The van der Waals surface area contributed by atoms with Crippen LogP contribution in [0.15, 0.2) is 12.4 Å². The Bertz CT molecular complexity index is 843. The number of H-pyrrole nitrogens is 1. The first-order valence-corrected chi connectivity index (χ1v) is 8.44. The second kappa shape index (κ2) is 6.10. The summed E-state index contributed by atoms with van der Waals surface area (Å²) < 4.78 is 1.78. The Hall–Kier alpha value is -2.64. The fourth-order valence-electron chi connectivity index (χ4n) is 3.28. The van der Waals surface area contributed by atoms with Crippen LogP contribution in [0, 0.1) is 6.92 Å². The third-order valence-electron chi connectivity index (χ3n) is 4.47. The number of hydrogen-bond donors (Lipinski definition) is 3. The smallest absolute Gasteiger partial charge is 0.232 e. The molecule has 0 aromatic carbocycles. The summed E-state index contributed by atoms with van der Waals surface area (Å²) in [5.41, 5.74) is 2.46. The lowest BCUT2D eigenvalue weighted by Gasteiger charge is -2.23. The van der Waals surface area contributed by atoms with E-state index in [0.29, 0.717) is 17.6 Å². The molecule has 0 aliphatic heterocycles. The highest BCUT2D eigenvalue weighted by Gasteiger charge is 2.17. The summed E-state index contributed by atoms with van der Waals surface area (Å²) in [6.07, 6.45) is 7.90. The second-order valence-electron chi connectivity index (χ2n) is 6.40. The van der Waals surface area contributed by atoms with Gasteiger partial charge in [-0.25, -0.2) is 4.98 Å². The zero-order chi connectivity index (χ0) is 16.5. The van der Waals surface area contributed by atoms with Crippen LogP contribution in [0.2, 0.25) is 0 Å². The van der Waals surface area contributed by atoms with Gasteiger partial charge in [-0.1, -0.05) is 19.3 Å². The Kier molecular flexibility index (Phi) is 3.79. The summed E-state index contributed by atoms with van der Waals surface area (Å²) in [6.45, 7) is 1.96. The topological polar surface area (TPSA) is 96.3 Å². The van der Waals surface area contributed by atoms with Gasteiger partial charge in [-0.3, -0.25) is 4.68 Å². The number of aryl methyl sites for hydroxylation is 2. The Labute approximate surface area is 140 Å². The molecule has 3 N–H and O–H groups in total. The molecule has 24 heavy (non-hydrogen) atoms. The van der Waals surface area contributed by atoms with Gasteiger partial charge in [-0.15, -0.1) is 0 Å². The monoisotopic (exact) mass is 326 g/mol. The average Bonchev–Trinajstić information content (AvgIpc) is 3.15. The van der Waals surface area contributed by atoms with E-state index in [1.807, 2.05) is 20.0 Å². The van der Waals surface area contributed by atoms with Gasteiger partial charge in [0.05, 0.1) is 12.0 Å². The lowest BCUT2D eigenvalue weighted by Crippen LogP contribution is -2.23. The molecular weight excluding hydrogens is 304 g/mol. The SMILES string of the molecule is Cc1cc(Nc2nc(NC3CCCCC3)c3[nH]cnc3n2)n(C)n1. The minimum absolute atomic E-state index is 0.465. The number of aromatic amines is 1. The number of aromatic nitrogens is 6. The maximum absolute atomic E-state index is 4.67. The van der Waals surface area contributed by atoms with Crippen molar-refractivity contribution in [3.8, 4) is 0 Å². The van der Waals surface area contributed by atoms with E-state index in [1.54, 1.807) is 11.0 Å². The molecule has 4 rings (SSSR count). The standard InChI is InChI=1S/C16H22N8/c1-10-8-12(24(2)23-10)20-16-21-14-13(17-9-18-14)15(22-16)19-11-6-4-3-5-7-11/h8-9,11H,3-7H2,1-2H3,(H3,17,18,19,20,21,22). The van der Waals surface area contributed by atoms with E-state index in [2.05, 4.69) is 35.7 Å².